The van der Waals surface area contributed by atoms with E-state index in [1.54, 1.807) is 4.90 Å². The van der Waals surface area contributed by atoms with Crippen molar-refractivity contribution < 1.29 is 13.7 Å². The molecule has 0 fully saturated rings. The quantitative estimate of drug-likeness (QED) is 0.466. The van der Waals surface area contributed by atoms with E-state index in [4.69, 9.17) is 8.94 Å². The van der Waals surface area contributed by atoms with E-state index in [0.29, 0.717) is 31.7 Å². The molecule has 0 spiro atoms. The molecular formula is C23H31N3O3. The number of carbonyl (C=O) groups is 1. The van der Waals surface area contributed by atoms with Crippen LogP contribution in [-0.2, 0) is 24.2 Å². The minimum Gasteiger partial charge on any atom is -0.461 e. The van der Waals surface area contributed by atoms with Crippen LogP contribution in [0.3, 0.4) is 0 Å². The van der Waals surface area contributed by atoms with Gasteiger partial charge in [0.25, 0.3) is 0 Å². The number of nitrogens with zero attached hydrogens (tertiary/aromatic N) is 3. The number of hydrogen-bond donors (Lipinski definition) is 0. The van der Waals surface area contributed by atoms with Crippen molar-refractivity contribution in [3.8, 4) is 0 Å². The summed E-state index contributed by atoms with van der Waals surface area (Å²) < 4.78 is 11.3. The van der Waals surface area contributed by atoms with Gasteiger partial charge in [-0.1, -0.05) is 50.5 Å². The highest BCUT2D eigenvalue weighted by Crippen LogP contribution is 2.28. The highest BCUT2D eigenvalue weighted by molar-refractivity contribution is 5.83. The summed E-state index contributed by atoms with van der Waals surface area (Å²) >= 11 is 0. The van der Waals surface area contributed by atoms with Gasteiger partial charge >= 0.3 is 0 Å². The summed E-state index contributed by atoms with van der Waals surface area (Å²) in [5.74, 6) is 2.67. The van der Waals surface area contributed by atoms with Gasteiger partial charge in [-0.15, -0.1) is 0 Å². The molecule has 0 unspecified atom stereocenters. The molecule has 0 radical (unpaired) electrons. The van der Waals surface area contributed by atoms with E-state index in [0.717, 1.165) is 47.4 Å². The summed E-state index contributed by atoms with van der Waals surface area (Å²) in [6, 6.07) is 8.06. The molecule has 156 valence electrons. The fourth-order valence-electron chi connectivity index (χ4n) is 3.37. The van der Waals surface area contributed by atoms with Gasteiger partial charge in [-0.25, -0.2) is 0 Å². The first-order chi connectivity index (χ1) is 14.0. The fraction of sp³-hybridized carbons (Fsp3) is 0.522. The minimum atomic E-state index is 0.111. The molecule has 0 atom stereocenters. The first kappa shape index (κ1) is 21.1. The van der Waals surface area contributed by atoms with Crippen LogP contribution in [0, 0.1) is 0 Å². The molecule has 3 rings (SSSR count). The van der Waals surface area contributed by atoms with Gasteiger partial charge in [0, 0.05) is 49.7 Å². The molecule has 0 aliphatic heterocycles. The molecule has 2 aromatic heterocycles. The Kier molecular flexibility index (Phi) is 7.07. The normalized spacial score (nSPS) is 11.5. The third kappa shape index (κ3) is 5.25. The third-order valence-electron chi connectivity index (χ3n) is 5.14. The largest absolute Gasteiger partial charge is 0.461 e. The van der Waals surface area contributed by atoms with E-state index in [-0.39, 0.29) is 11.8 Å². The maximum absolute atomic E-state index is 12.7. The maximum atomic E-state index is 12.7. The van der Waals surface area contributed by atoms with Crippen LogP contribution in [0.4, 0.5) is 0 Å². The molecule has 0 saturated carbocycles. The van der Waals surface area contributed by atoms with Crippen LogP contribution >= 0.6 is 0 Å². The number of benzene rings is 1. The first-order valence-corrected chi connectivity index (χ1v) is 10.5. The summed E-state index contributed by atoms with van der Waals surface area (Å²) in [7, 11) is 1.86. The van der Waals surface area contributed by atoms with E-state index in [1.165, 1.54) is 0 Å². The molecule has 0 saturated heterocycles. The number of aromatic nitrogens is 2. The maximum Gasteiger partial charge on any atom is 0.226 e. The molecule has 6 heteroatoms. The van der Waals surface area contributed by atoms with Crippen LogP contribution in [0.15, 0.2) is 33.2 Å². The molecule has 3 aromatic rings. The summed E-state index contributed by atoms with van der Waals surface area (Å²) in [4.78, 5) is 18.8. The van der Waals surface area contributed by atoms with Gasteiger partial charge in [0.2, 0.25) is 11.8 Å². The topological polar surface area (TPSA) is 72.4 Å². The van der Waals surface area contributed by atoms with E-state index in [2.05, 4.69) is 23.1 Å². The van der Waals surface area contributed by atoms with Gasteiger partial charge < -0.3 is 13.8 Å². The van der Waals surface area contributed by atoms with Crippen LogP contribution in [0.25, 0.3) is 11.0 Å². The number of rotatable bonds is 10. The number of aryl methyl sites for hydroxylation is 2. The lowest BCUT2D eigenvalue weighted by Gasteiger charge is -2.17. The Balaban J connectivity index is 1.60. The van der Waals surface area contributed by atoms with Gasteiger partial charge in [-0.3, -0.25) is 4.79 Å². The SMILES string of the molecule is CCCCc1oc2ccccc2c1CN(C)C(=O)CCCc1nc(C(C)C)no1. The number of fused-ring (bicyclic) bond motifs is 1. The van der Waals surface area contributed by atoms with E-state index < -0.39 is 0 Å². The Morgan fingerprint density at radius 3 is 2.69 bits per heavy atom. The van der Waals surface area contributed by atoms with Gasteiger partial charge in [0.1, 0.15) is 11.3 Å². The smallest absolute Gasteiger partial charge is 0.226 e. The van der Waals surface area contributed by atoms with Crippen LogP contribution in [-0.4, -0.2) is 28.0 Å². The van der Waals surface area contributed by atoms with E-state index >= 15 is 0 Å². The van der Waals surface area contributed by atoms with Crippen LogP contribution in [0.2, 0.25) is 0 Å². The molecule has 1 aromatic carbocycles. The Morgan fingerprint density at radius 1 is 1.17 bits per heavy atom. The number of carbonyl (C=O) groups excluding carboxylic acids is 1. The van der Waals surface area contributed by atoms with Crippen LogP contribution in [0.1, 0.15) is 75.4 Å². The summed E-state index contributed by atoms with van der Waals surface area (Å²) in [5.41, 5.74) is 2.02. The minimum absolute atomic E-state index is 0.111. The number of furan rings is 1. The van der Waals surface area contributed by atoms with Crippen molar-refractivity contribution >= 4 is 16.9 Å². The Hall–Kier alpha value is -2.63. The van der Waals surface area contributed by atoms with Crippen LogP contribution < -0.4 is 0 Å². The molecular weight excluding hydrogens is 366 g/mol. The van der Waals surface area contributed by atoms with E-state index in [9.17, 15) is 4.79 Å². The molecule has 0 bridgehead atoms. The van der Waals surface area contributed by atoms with Gasteiger partial charge in [0.05, 0.1) is 0 Å². The molecule has 0 N–H and O–H groups in total. The van der Waals surface area contributed by atoms with Crippen molar-refractivity contribution in [2.75, 3.05) is 7.05 Å². The van der Waals surface area contributed by atoms with Crippen molar-refractivity contribution in [1.29, 1.82) is 0 Å². The zero-order valence-corrected chi connectivity index (χ0v) is 17.9. The van der Waals surface area contributed by atoms with Crippen molar-refractivity contribution in [3.05, 3.63) is 47.3 Å². The average molecular weight is 398 g/mol. The Labute approximate surface area is 172 Å². The molecule has 0 aliphatic rings. The highest BCUT2D eigenvalue weighted by Gasteiger charge is 2.18. The first-order valence-electron chi connectivity index (χ1n) is 10.5. The number of amides is 1. The molecule has 1 amide bonds. The lowest BCUT2D eigenvalue weighted by molar-refractivity contribution is -0.130. The second kappa shape index (κ2) is 9.72. The standard InChI is InChI=1S/C23H31N3O3/c1-5-6-11-20-18(17-10-7-8-12-19(17)28-20)15-26(4)22(27)14-9-13-21-24-23(16(2)3)25-29-21/h7-8,10,12,16H,5-6,9,11,13-15H2,1-4H3. The predicted molar refractivity (Wildman–Crippen MR) is 113 cm³/mol. The second-order valence-electron chi connectivity index (χ2n) is 7.91. The van der Waals surface area contributed by atoms with Gasteiger partial charge in [-0.05, 0) is 18.9 Å². The predicted octanol–water partition coefficient (Wildman–Crippen LogP) is 5.26. The summed E-state index contributed by atoms with van der Waals surface area (Å²) in [6.45, 7) is 6.79. The van der Waals surface area contributed by atoms with Crippen molar-refractivity contribution in [2.24, 2.45) is 0 Å². The van der Waals surface area contributed by atoms with Crippen molar-refractivity contribution in [2.45, 2.75) is 71.8 Å². The monoisotopic (exact) mass is 397 g/mol. The second-order valence-corrected chi connectivity index (χ2v) is 7.91. The fourth-order valence-corrected chi connectivity index (χ4v) is 3.37. The van der Waals surface area contributed by atoms with Gasteiger partial charge in [-0.2, -0.15) is 4.98 Å². The van der Waals surface area contributed by atoms with Crippen molar-refractivity contribution in [3.63, 3.8) is 0 Å². The van der Waals surface area contributed by atoms with Crippen LogP contribution in [0.5, 0.6) is 0 Å². The molecule has 6 nitrogen and oxygen atoms in total. The number of unbranched alkanes of at least 4 members (excludes halogenated alkanes) is 1. The zero-order valence-electron chi connectivity index (χ0n) is 17.9. The Bertz CT molecular complexity index is 942. The average Bonchev–Trinajstić information content (AvgIpc) is 3.31. The van der Waals surface area contributed by atoms with E-state index in [1.807, 2.05) is 39.1 Å². The lowest BCUT2D eigenvalue weighted by atomic mass is 10.1. The Morgan fingerprint density at radius 2 is 1.97 bits per heavy atom. The highest BCUT2D eigenvalue weighted by atomic mass is 16.5. The lowest BCUT2D eigenvalue weighted by Crippen LogP contribution is -2.26. The van der Waals surface area contributed by atoms with Crippen molar-refractivity contribution in [1.82, 2.24) is 15.0 Å². The number of hydrogen-bond acceptors (Lipinski definition) is 5. The zero-order chi connectivity index (χ0) is 20.8. The van der Waals surface area contributed by atoms with Gasteiger partial charge in [0.15, 0.2) is 5.82 Å². The third-order valence-corrected chi connectivity index (χ3v) is 5.14. The molecule has 29 heavy (non-hydrogen) atoms. The number of para-hydroxylation sites is 1. The summed E-state index contributed by atoms with van der Waals surface area (Å²) in [6.07, 6.45) is 4.85. The molecule has 0 aliphatic carbocycles. The molecule has 2 heterocycles. The summed E-state index contributed by atoms with van der Waals surface area (Å²) in [5, 5.41) is 5.07.